The molecule has 0 aromatic heterocycles. The van der Waals surface area contributed by atoms with Gasteiger partial charge in [-0.15, -0.1) is 0 Å². The molecule has 7 nitrogen and oxygen atoms in total. The predicted molar refractivity (Wildman–Crippen MR) is 121 cm³/mol. The third-order valence-corrected chi connectivity index (χ3v) is 4.85. The Hall–Kier alpha value is -3.84. The molecule has 3 N–H and O–H groups in total. The highest BCUT2D eigenvalue weighted by Crippen LogP contribution is 2.14. The van der Waals surface area contributed by atoms with Crippen molar-refractivity contribution in [1.82, 2.24) is 16.2 Å². The average molecular weight is 452 g/mol. The van der Waals surface area contributed by atoms with Crippen LogP contribution in [0.2, 0.25) is 5.02 Å². The van der Waals surface area contributed by atoms with Gasteiger partial charge in [0.25, 0.3) is 11.8 Å². The van der Waals surface area contributed by atoms with Crippen LogP contribution in [0.25, 0.3) is 0 Å². The van der Waals surface area contributed by atoms with E-state index in [0.717, 1.165) is 11.1 Å². The largest absolute Gasteiger partial charge is 0.445 e. The number of hydrazine groups is 1. The molecule has 1 atom stereocenters. The van der Waals surface area contributed by atoms with Crippen LogP contribution < -0.4 is 16.2 Å². The number of hydrogen-bond donors (Lipinski definition) is 3. The van der Waals surface area contributed by atoms with Gasteiger partial charge in [-0.2, -0.15) is 0 Å². The van der Waals surface area contributed by atoms with Crippen LogP contribution in [0.4, 0.5) is 4.79 Å². The van der Waals surface area contributed by atoms with E-state index in [2.05, 4.69) is 16.2 Å². The number of rotatable bonds is 7. The molecular formula is C24H22ClN3O4. The van der Waals surface area contributed by atoms with E-state index in [1.807, 2.05) is 60.7 Å². The second kappa shape index (κ2) is 11.5. The number of ether oxygens (including phenoxy) is 1. The van der Waals surface area contributed by atoms with Gasteiger partial charge in [-0.1, -0.05) is 84.4 Å². The molecule has 0 unspecified atom stereocenters. The molecule has 0 spiro atoms. The van der Waals surface area contributed by atoms with Crippen molar-refractivity contribution < 1.29 is 19.1 Å². The topological polar surface area (TPSA) is 96.5 Å². The number of benzene rings is 3. The summed E-state index contributed by atoms with van der Waals surface area (Å²) in [5.74, 6) is -1.18. The van der Waals surface area contributed by atoms with Gasteiger partial charge < -0.3 is 10.1 Å². The maximum absolute atomic E-state index is 12.7. The minimum absolute atomic E-state index is 0.0651. The maximum atomic E-state index is 12.7. The van der Waals surface area contributed by atoms with Gasteiger partial charge in [0.05, 0.1) is 10.6 Å². The Morgan fingerprint density at radius 3 is 2.03 bits per heavy atom. The van der Waals surface area contributed by atoms with Gasteiger partial charge >= 0.3 is 6.09 Å². The van der Waals surface area contributed by atoms with Gasteiger partial charge in [0.15, 0.2) is 0 Å². The minimum Gasteiger partial charge on any atom is -0.445 e. The van der Waals surface area contributed by atoms with E-state index in [9.17, 15) is 14.4 Å². The second-order valence-corrected chi connectivity index (χ2v) is 7.28. The van der Waals surface area contributed by atoms with Gasteiger partial charge in [-0.25, -0.2) is 4.79 Å². The summed E-state index contributed by atoms with van der Waals surface area (Å²) in [4.78, 5) is 37.4. The number of hydrogen-bond acceptors (Lipinski definition) is 4. The Bertz CT molecular complexity index is 1060. The van der Waals surface area contributed by atoms with Gasteiger partial charge in [0.2, 0.25) is 0 Å². The summed E-state index contributed by atoms with van der Waals surface area (Å²) in [6.07, 6.45) is -0.544. The number of halogens is 1. The summed E-state index contributed by atoms with van der Waals surface area (Å²) in [6.45, 7) is 0.0651. The summed E-state index contributed by atoms with van der Waals surface area (Å²) in [5, 5.41) is 2.81. The van der Waals surface area contributed by atoms with E-state index in [1.54, 1.807) is 18.2 Å². The van der Waals surface area contributed by atoms with Crippen LogP contribution >= 0.6 is 11.6 Å². The molecule has 164 valence electrons. The Kier molecular flexibility index (Phi) is 8.22. The Morgan fingerprint density at radius 2 is 1.38 bits per heavy atom. The molecule has 8 heteroatoms. The molecule has 3 aromatic rings. The molecule has 0 heterocycles. The van der Waals surface area contributed by atoms with E-state index in [4.69, 9.17) is 16.3 Å². The quantitative estimate of drug-likeness (QED) is 0.478. The Morgan fingerprint density at radius 1 is 0.781 bits per heavy atom. The van der Waals surface area contributed by atoms with Crippen LogP contribution in [0.1, 0.15) is 21.5 Å². The molecule has 0 aliphatic rings. The minimum atomic E-state index is -0.979. The number of carbonyl (C=O) groups excluding carboxylic acids is 3. The molecule has 3 rings (SSSR count). The zero-order chi connectivity index (χ0) is 22.8. The van der Waals surface area contributed by atoms with Gasteiger partial charge in [0.1, 0.15) is 12.6 Å². The Balaban J connectivity index is 1.62. The summed E-state index contributed by atoms with van der Waals surface area (Å²) in [7, 11) is 0. The third-order valence-electron chi connectivity index (χ3n) is 4.52. The van der Waals surface area contributed by atoms with Crippen LogP contribution in [0.15, 0.2) is 84.9 Å². The first-order valence-electron chi connectivity index (χ1n) is 9.89. The molecule has 3 amide bonds. The molecular weight excluding hydrogens is 430 g/mol. The van der Waals surface area contributed by atoms with Crippen LogP contribution in [0, 0.1) is 0 Å². The molecule has 32 heavy (non-hydrogen) atoms. The van der Waals surface area contributed by atoms with Gasteiger partial charge in [-0.05, 0) is 23.3 Å². The molecule has 0 saturated heterocycles. The first kappa shape index (κ1) is 22.8. The van der Waals surface area contributed by atoms with Gasteiger partial charge in [-0.3, -0.25) is 20.4 Å². The van der Waals surface area contributed by atoms with E-state index in [0.29, 0.717) is 0 Å². The van der Waals surface area contributed by atoms with E-state index in [-0.39, 0.29) is 23.6 Å². The molecule has 0 radical (unpaired) electrons. The van der Waals surface area contributed by atoms with Crippen molar-refractivity contribution in [2.75, 3.05) is 0 Å². The molecule has 3 aromatic carbocycles. The highest BCUT2D eigenvalue weighted by molar-refractivity contribution is 6.33. The van der Waals surface area contributed by atoms with Crippen LogP contribution in [-0.2, 0) is 22.6 Å². The van der Waals surface area contributed by atoms with Crippen molar-refractivity contribution >= 4 is 29.5 Å². The van der Waals surface area contributed by atoms with E-state index in [1.165, 1.54) is 6.07 Å². The average Bonchev–Trinajstić information content (AvgIpc) is 2.82. The summed E-state index contributed by atoms with van der Waals surface area (Å²) in [6, 6.07) is 23.8. The summed E-state index contributed by atoms with van der Waals surface area (Å²) in [5.41, 5.74) is 6.52. The normalized spacial score (nSPS) is 11.2. The number of alkyl carbamates (subject to hydrolysis) is 1. The summed E-state index contributed by atoms with van der Waals surface area (Å²) >= 11 is 6.01. The monoisotopic (exact) mass is 451 g/mol. The van der Waals surface area contributed by atoms with Crippen molar-refractivity contribution in [3.8, 4) is 0 Å². The van der Waals surface area contributed by atoms with E-state index >= 15 is 0 Å². The lowest BCUT2D eigenvalue weighted by molar-refractivity contribution is -0.123. The molecule has 0 fully saturated rings. The standard InChI is InChI=1S/C24H22ClN3O4/c25-20-14-8-7-13-19(20)22(29)27-28-23(30)21(15-17-9-3-1-4-10-17)26-24(31)32-16-18-11-5-2-6-12-18/h1-14,21H,15-16H2,(H,26,31)(H,27,29)(H,28,30)/t21-/m0/s1. The maximum Gasteiger partial charge on any atom is 0.408 e. The van der Waals surface area contributed by atoms with Crippen LogP contribution in [0.5, 0.6) is 0 Å². The van der Waals surface area contributed by atoms with Gasteiger partial charge in [0, 0.05) is 6.42 Å². The van der Waals surface area contributed by atoms with Crippen LogP contribution in [-0.4, -0.2) is 23.9 Å². The van der Waals surface area contributed by atoms with E-state index < -0.39 is 23.9 Å². The van der Waals surface area contributed by atoms with Crippen molar-refractivity contribution in [2.24, 2.45) is 0 Å². The van der Waals surface area contributed by atoms with Crippen molar-refractivity contribution in [3.63, 3.8) is 0 Å². The summed E-state index contributed by atoms with van der Waals surface area (Å²) < 4.78 is 5.22. The SMILES string of the molecule is O=C(N[C@@H](Cc1ccccc1)C(=O)NNC(=O)c1ccccc1Cl)OCc1ccccc1. The van der Waals surface area contributed by atoms with Crippen molar-refractivity contribution in [1.29, 1.82) is 0 Å². The first-order valence-corrected chi connectivity index (χ1v) is 10.3. The fraction of sp³-hybridized carbons (Fsp3) is 0.125. The number of carbonyl (C=O) groups is 3. The third kappa shape index (κ3) is 6.85. The zero-order valence-corrected chi connectivity index (χ0v) is 17.8. The second-order valence-electron chi connectivity index (χ2n) is 6.87. The van der Waals surface area contributed by atoms with Crippen molar-refractivity contribution in [3.05, 3.63) is 107 Å². The number of amides is 3. The lowest BCUT2D eigenvalue weighted by Crippen LogP contribution is -2.53. The smallest absolute Gasteiger partial charge is 0.408 e. The Labute approximate surface area is 190 Å². The highest BCUT2D eigenvalue weighted by Gasteiger charge is 2.23. The molecule has 0 aliphatic heterocycles. The van der Waals surface area contributed by atoms with Crippen LogP contribution in [0.3, 0.4) is 0 Å². The fourth-order valence-corrected chi connectivity index (χ4v) is 3.11. The lowest BCUT2D eigenvalue weighted by atomic mass is 10.1. The predicted octanol–water partition coefficient (Wildman–Crippen LogP) is 3.64. The highest BCUT2D eigenvalue weighted by atomic mass is 35.5. The molecule has 0 bridgehead atoms. The molecule has 0 saturated carbocycles. The fourth-order valence-electron chi connectivity index (χ4n) is 2.88. The number of nitrogens with one attached hydrogen (secondary N) is 3. The zero-order valence-electron chi connectivity index (χ0n) is 17.1. The van der Waals surface area contributed by atoms with Crippen molar-refractivity contribution in [2.45, 2.75) is 19.1 Å². The first-order chi connectivity index (χ1) is 15.5. The molecule has 0 aliphatic carbocycles. The lowest BCUT2D eigenvalue weighted by Gasteiger charge is -2.19.